The zero-order valence-electron chi connectivity index (χ0n) is 17.4. The van der Waals surface area contributed by atoms with Crippen LogP contribution in [0, 0.1) is 0 Å². The van der Waals surface area contributed by atoms with Crippen LogP contribution in [0.2, 0.25) is 5.15 Å². The molecule has 0 aliphatic carbocycles. The summed E-state index contributed by atoms with van der Waals surface area (Å²) in [5.74, 6) is -1.03. The molecule has 5 rings (SSSR count). The van der Waals surface area contributed by atoms with Gasteiger partial charge in [0.15, 0.2) is 11.3 Å². The maximum atomic E-state index is 13.8. The van der Waals surface area contributed by atoms with Crippen molar-refractivity contribution in [2.45, 2.75) is 6.18 Å². The molecule has 0 radical (unpaired) electrons. The van der Waals surface area contributed by atoms with Gasteiger partial charge in [-0.3, -0.25) is 19.1 Å². The minimum Gasteiger partial charge on any atom is -0.326 e. The lowest BCUT2D eigenvalue weighted by Gasteiger charge is -2.34. The first kappa shape index (κ1) is 22.0. The van der Waals surface area contributed by atoms with Gasteiger partial charge in [-0.1, -0.05) is 29.8 Å². The molecule has 12 heteroatoms. The van der Waals surface area contributed by atoms with E-state index in [2.05, 4.69) is 15.2 Å². The van der Waals surface area contributed by atoms with Crippen molar-refractivity contribution >= 4 is 34.7 Å². The minimum absolute atomic E-state index is 0.177. The number of H-pyrrole nitrogens is 1. The summed E-state index contributed by atoms with van der Waals surface area (Å²) in [6.45, 7) is 0.165. The number of alkyl halides is 3. The Morgan fingerprint density at radius 2 is 1.88 bits per heavy atom. The molecule has 1 aliphatic heterocycles. The van der Waals surface area contributed by atoms with Gasteiger partial charge in [-0.05, 0) is 18.2 Å². The lowest BCUT2D eigenvalue weighted by Crippen LogP contribution is -2.52. The van der Waals surface area contributed by atoms with Gasteiger partial charge in [0.05, 0.1) is 11.8 Å². The number of nitrogens with zero attached hydrogens (tertiary/aromatic N) is 5. The molecule has 34 heavy (non-hydrogen) atoms. The van der Waals surface area contributed by atoms with Crippen molar-refractivity contribution in [3.8, 4) is 11.1 Å². The van der Waals surface area contributed by atoms with Gasteiger partial charge in [0, 0.05) is 42.3 Å². The van der Waals surface area contributed by atoms with Gasteiger partial charge in [0.1, 0.15) is 11.7 Å². The Morgan fingerprint density at radius 3 is 2.53 bits per heavy atom. The van der Waals surface area contributed by atoms with Gasteiger partial charge in [0.25, 0.3) is 5.91 Å². The van der Waals surface area contributed by atoms with E-state index in [1.807, 2.05) is 6.07 Å². The van der Waals surface area contributed by atoms with Crippen LogP contribution in [0.1, 0.15) is 16.1 Å². The second kappa shape index (κ2) is 8.17. The number of hydrogen-bond donors (Lipinski definition) is 1. The molecular weight excluding hydrogens is 473 g/mol. The fourth-order valence-electron chi connectivity index (χ4n) is 3.91. The molecule has 4 heterocycles. The van der Waals surface area contributed by atoms with Crippen LogP contribution in [0.15, 0.2) is 55.0 Å². The largest absolute Gasteiger partial charge is 0.420 e. The second-order valence-corrected chi connectivity index (χ2v) is 8.04. The highest BCUT2D eigenvalue weighted by Gasteiger charge is 2.37. The summed E-state index contributed by atoms with van der Waals surface area (Å²) < 4.78 is 42.5. The first-order valence-electron chi connectivity index (χ1n) is 10.2. The predicted octanol–water partition coefficient (Wildman–Crippen LogP) is 3.89. The molecule has 4 aromatic rings. The molecule has 0 unspecified atom stereocenters. The van der Waals surface area contributed by atoms with Crippen LogP contribution in [0.5, 0.6) is 0 Å². The number of nitrogens with one attached hydrogen (secondary N) is 1. The SMILES string of the molecule is O=C(c1nc2c(C(F)(F)F)cc(-c3cn[nH]c3)cn2c1Cl)N1CCN(c2ccccc2)C(=O)C1. The highest BCUT2D eigenvalue weighted by molar-refractivity contribution is 6.33. The molecule has 8 nitrogen and oxygen atoms in total. The number of piperazine rings is 1. The number of pyridine rings is 1. The number of rotatable bonds is 3. The molecule has 1 aliphatic rings. The highest BCUT2D eigenvalue weighted by atomic mass is 35.5. The van der Waals surface area contributed by atoms with Crippen molar-refractivity contribution in [3.05, 3.63) is 71.4 Å². The number of benzene rings is 1. The number of halogens is 4. The number of amides is 2. The first-order valence-corrected chi connectivity index (χ1v) is 10.5. The Labute approximate surface area is 195 Å². The fraction of sp³-hybridized carbons (Fsp3) is 0.182. The quantitative estimate of drug-likeness (QED) is 0.474. The number of carbonyl (C=O) groups excluding carboxylic acids is 2. The Balaban J connectivity index is 1.50. The molecule has 1 aromatic carbocycles. The number of para-hydroxylation sites is 1. The van der Waals surface area contributed by atoms with Crippen molar-refractivity contribution < 1.29 is 22.8 Å². The Kier molecular flexibility index (Phi) is 5.28. The average molecular weight is 489 g/mol. The van der Waals surface area contributed by atoms with Crippen LogP contribution in [0.3, 0.4) is 0 Å². The summed E-state index contributed by atoms with van der Waals surface area (Å²) >= 11 is 6.35. The summed E-state index contributed by atoms with van der Waals surface area (Å²) in [6, 6.07) is 9.92. The van der Waals surface area contributed by atoms with Crippen molar-refractivity contribution in [1.29, 1.82) is 0 Å². The van der Waals surface area contributed by atoms with E-state index in [9.17, 15) is 22.8 Å². The molecule has 0 atom stereocenters. The van der Waals surface area contributed by atoms with Crippen molar-refractivity contribution in [1.82, 2.24) is 24.5 Å². The van der Waals surface area contributed by atoms with Crippen molar-refractivity contribution in [2.75, 3.05) is 24.5 Å². The molecule has 1 N–H and O–H groups in total. The summed E-state index contributed by atoms with van der Waals surface area (Å²) in [5, 5.41) is 6.04. The number of hydrogen-bond acceptors (Lipinski definition) is 4. The van der Waals surface area contributed by atoms with Gasteiger partial charge in [-0.15, -0.1) is 0 Å². The molecule has 2 amide bonds. The topological polar surface area (TPSA) is 86.6 Å². The van der Waals surface area contributed by atoms with E-state index < -0.39 is 23.3 Å². The first-order chi connectivity index (χ1) is 16.2. The number of aromatic amines is 1. The lowest BCUT2D eigenvalue weighted by atomic mass is 10.1. The van der Waals surface area contributed by atoms with Crippen LogP contribution in [-0.2, 0) is 11.0 Å². The van der Waals surface area contributed by atoms with Gasteiger partial charge in [-0.25, -0.2) is 4.98 Å². The molecule has 1 saturated heterocycles. The zero-order valence-corrected chi connectivity index (χ0v) is 18.1. The van der Waals surface area contributed by atoms with Crippen molar-refractivity contribution in [3.63, 3.8) is 0 Å². The van der Waals surface area contributed by atoms with E-state index in [1.165, 1.54) is 23.5 Å². The van der Waals surface area contributed by atoms with Crippen LogP contribution in [0.25, 0.3) is 16.8 Å². The van der Waals surface area contributed by atoms with E-state index >= 15 is 0 Å². The Bertz CT molecular complexity index is 1390. The number of fused-ring (bicyclic) bond motifs is 1. The lowest BCUT2D eigenvalue weighted by molar-refractivity contribution is -0.136. The van der Waals surface area contributed by atoms with E-state index in [1.54, 1.807) is 29.2 Å². The third-order valence-corrected chi connectivity index (χ3v) is 5.94. The molecule has 0 saturated carbocycles. The number of aromatic nitrogens is 4. The Morgan fingerprint density at radius 1 is 1.12 bits per heavy atom. The monoisotopic (exact) mass is 488 g/mol. The molecule has 0 bridgehead atoms. The molecular formula is C22H16ClF3N6O2. The van der Waals surface area contributed by atoms with Crippen molar-refractivity contribution in [2.24, 2.45) is 0 Å². The van der Waals surface area contributed by atoms with E-state index in [4.69, 9.17) is 11.6 Å². The summed E-state index contributed by atoms with van der Waals surface area (Å²) in [6.07, 6.45) is -0.570. The van der Waals surface area contributed by atoms with E-state index in [0.29, 0.717) is 11.3 Å². The minimum atomic E-state index is -4.74. The maximum absolute atomic E-state index is 13.8. The molecule has 0 spiro atoms. The summed E-state index contributed by atoms with van der Waals surface area (Å²) in [4.78, 5) is 32.6. The standard InChI is InChI=1S/C22H16ClF3N6O2/c23-19-18(21(34)30-6-7-31(17(33)12-30)15-4-2-1-3-5-15)29-20-16(22(24,25)26)8-13(11-32(19)20)14-9-27-28-10-14/h1-5,8-11H,6-7,12H2,(H,27,28). The molecule has 1 fully saturated rings. The number of anilines is 1. The maximum Gasteiger partial charge on any atom is 0.420 e. The highest BCUT2D eigenvalue weighted by Crippen LogP contribution is 2.37. The smallest absolute Gasteiger partial charge is 0.326 e. The Hall–Kier alpha value is -3.86. The fourth-order valence-corrected chi connectivity index (χ4v) is 4.16. The summed E-state index contributed by atoms with van der Waals surface area (Å²) in [5.41, 5.74) is -0.588. The third-order valence-electron chi connectivity index (χ3n) is 5.58. The van der Waals surface area contributed by atoms with Crippen LogP contribution in [0.4, 0.5) is 18.9 Å². The van der Waals surface area contributed by atoms with Gasteiger partial charge in [0.2, 0.25) is 5.91 Å². The van der Waals surface area contributed by atoms with Gasteiger partial charge >= 0.3 is 6.18 Å². The van der Waals surface area contributed by atoms with Crippen LogP contribution in [-0.4, -0.2) is 55.9 Å². The molecule has 174 valence electrons. The van der Waals surface area contributed by atoms with E-state index in [-0.39, 0.29) is 42.0 Å². The van der Waals surface area contributed by atoms with E-state index in [0.717, 1.165) is 10.5 Å². The average Bonchev–Trinajstić information content (AvgIpc) is 3.46. The normalized spacial score (nSPS) is 14.8. The van der Waals surface area contributed by atoms with Gasteiger partial charge < -0.3 is 9.80 Å². The number of imidazole rings is 1. The molecule has 3 aromatic heterocycles. The van der Waals surface area contributed by atoms with Gasteiger partial charge in [-0.2, -0.15) is 18.3 Å². The summed E-state index contributed by atoms with van der Waals surface area (Å²) in [7, 11) is 0. The van der Waals surface area contributed by atoms with Crippen LogP contribution < -0.4 is 4.90 Å². The van der Waals surface area contributed by atoms with Crippen LogP contribution >= 0.6 is 11.6 Å². The number of carbonyl (C=O) groups is 2. The zero-order chi connectivity index (χ0) is 24.0. The second-order valence-electron chi connectivity index (χ2n) is 7.68. The third kappa shape index (κ3) is 3.77. The predicted molar refractivity (Wildman–Crippen MR) is 117 cm³/mol.